The van der Waals surface area contributed by atoms with E-state index < -0.39 is 6.17 Å². The molecule has 2 heterocycles. The first-order valence-electron chi connectivity index (χ1n) is 9.56. The van der Waals surface area contributed by atoms with Crippen LogP contribution in [0.4, 0.5) is 0 Å². The van der Waals surface area contributed by atoms with E-state index in [4.69, 9.17) is 14.5 Å². The molecule has 2 aliphatic heterocycles. The summed E-state index contributed by atoms with van der Waals surface area (Å²) in [6.45, 7) is 4.87. The molecule has 1 amide bonds. The summed E-state index contributed by atoms with van der Waals surface area (Å²) in [6.07, 6.45) is 1.35. The van der Waals surface area contributed by atoms with Crippen LogP contribution in [0.5, 0.6) is 11.5 Å². The van der Waals surface area contributed by atoms with E-state index in [0.29, 0.717) is 35.6 Å². The number of carbonyl (C=O) groups is 1. The lowest BCUT2D eigenvalue weighted by Crippen LogP contribution is -2.50. The van der Waals surface area contributed by atoms with Crippen molar-refractivity contribution in [3.63, 3.8) is 0 Å². The lowest BCUT2D eigenvalue weighted by atomic mass is 10.1. The van der Waals surface area contributed by atoms with Gasteiger partial charge in [-0.1, -0.05) is 30.0 Å². The number of hydrazone groups is 1. The number of nitrogens with one attached hydrogen (secondary N) is 1. The molecular weight excluding hydrogens is 468 g/mol. The van der Waals surface area contributed by atoms with Crippen molar-refractivity contribution in [2.45, 2.75) is 20.0 Å². The lowest BCUT2D eigenvalue weighted by Gasteiger charge is -2.34. The molecule has 0 aliphatic carbocycles. The van der Waals surface area contributed by atoms with Gasteiger partial charge < -0.3 is 9.47 Å². The van der Waals surface area contributed by atoms with E-state index in [1.54, 1.807) is 5.01 Å². The first-order chi connectivity index (χ1) is 14.6. The zero-order valence-electron chi connectivity index (χ0n) is 16.8. The number of rotatable bonds is 5. The van der Waals surface area contributed by atoms with Crippen LogP contribution in [0.25, 0.3) is 5.70 Å². The van der Waals surface area contributed by atoms with Gasteiger partial charge in [0, 0.05) is 10.8 Å². The van der Waals surface area contributed by atoms with Crippen molar-refractivity contribution in [2.24, 2.45) is 10.1 Å². The highest BCUT2D eigenvalue weighted by Crippen LogP contribution is 2.41. The number of carbonyl (C=O) groups excluding carboxylic acids is 1. The summed E-state index contributed by atoms with van der Waals surface area (Å²) < 4.78 is 12.4. The summed E-state index contributed by atoms with van der Waals surface area (Å²) in [7, 11) is 0. The Labute approximate surface area is 187 Å². The van der Waals surface area contributed by atoms with E-state index in [1.165, 1.54) is 11.8 Å². The van der Waals surface area contributed by atoms with E-state index in [-0.39, 0.29) is 5.91 Å². The van der Waals surface area contributed by atoms with E-state index in [9.17, 15) is 4.79 Å². The number of fused-ring (bicyclic) bond motifs is 2. The third kappa shape index (κ3) is 3.67. The number of hydrogen-bond donors (Lipinski definition) is 1. The minimum atomic E-state index is -0.519. The molecule has 0 bridgehead atoms. The molecular formula is C21H21BrN4O3S. The summed E-state index contributed by atoms with van der Waals surface area (Å²) in [5.41, 5.74) is 1.31. The molecule has 0 aromatic heterocycles. The van der Waals surface area contributed by atoms with Crippen LogP contribution in [0.1, 0.15) is 25.6 Å². The number of nitrogens with zero attached hydrogens (tertiary/aromatic N) is 3. The van der Waals surface area contributed by atoms with Crippen molar-refractivity contribution in [1.82, 2.24) is 10.3 Å². The molecule has 2 aromatic rings. The molecule has 30 heavy (non-hydrogen) atoms. The van der Waals surface area contributed by atoms with Gasteiger partial charge in [-0.2, -0.15) is 0 Å². The number of amidine groups is 1. The van der Waals surface area contributed by atoms with Crippen LogP contribution in [-0.4, -0.2) is 35.6 Å². The van der Waals surface area contributed by atoms with E-state index >= 15 is 0 Å². The van der Waals surface area contributed by atoms with E-state index in [0.717, 1.165) is 20.6 Å². The standard InChI is InChI=1S/C21H21BrN4O3S/c1-4-28-16-11-12(10-14(22)18(16)29-5-2)19-23-15-9-7-6-8-13(15)17-20(27)24-21(30-3)25-26(17)19/h6-11,19H,4-5H2,1-3H3,(H,24,25,27). The molecule has 1 atom stereocenters. The maximum Gasteiger partial charge on any atom is 0.276 e. The molecule has 0 saturated carbocycles. The molecule has 7 nitrogen and oxygen atoms in total. The van der Waals surface area contributed by atoms with Gasteiger partial charge in [0.2, 0.25) is 0 Å². The third-order valence-electron chi connectivity index (χ3n) is 4.63. The molecule has 2 aromatic carbocycles. The van der Waals surface area contributed by atoms with Crippen molar-refractivity contribution >= 4 is 44.5 Å². The third-order valence-corrected chi connectivity index (χ3v) is 5.79. The van der Waals surface area contributed by atoms with Crippen molar-refractivity contribution in [1.29, 1.82) is 0 Å². The molecule has 1 unspecified atom stereocenters. The SMILES string of the molecule is CCOc1cc(C2N=c3ccccc3=C3C(=O)NC(SC)=NN32)cc(Br)c1OCC. The summed E-state index contributed by atoms with van der Waals surface area (Å²) in [4.78, 5) is 17.8. The van der Waals surface area contributed by atoms with Crippen LogP contribution in [0, 0.1) is 0 Å². The van der Waals surface area contributed by atoms with Crippen molar-refractivity contribution in [2.75, 3.05) is 19.5 Å². The van der Waals surface area contributed by atoms with Crippen LogP contribution < -0.4 is 25.4 Å². The monoisotopic (exact) mass is 488 g/mol. The second-order valence-electron chi connectivity index (χ2n) is 6.47. The minimum Gasteiger partial charge on any atom is -0.490 e. The van der Waals surface area contributed by atoms with E-state index in [2.05, 4.69) is 26.3 Å². The summed E-state index contributed by atoms with van der Waals surface area (Å²) in [6, 6.07) is 11.4. The van der Waals surface area contributed by atoms with Crippen molar-refractivity contribution in [3.8, 4) is 11.5 Å². The van der Waals surface area contributed by atoms with Gasteiger partial charge in [-0.3, -0.25) is 15.1 Å². The van der Waals surface area contributed by atoms with Gasteiger partial charge >= 0.3 is 0 Å². The van der Waals surface area contributed by atoms with Gasteiger partial charge in [-0.05, 0) is 54.2 Å². The Balaban J connectivity index is 1.93. The zero-order chi connectivity index (χ0) is 21.3. The van der Waals surface area contributed by atoms with Crippen molar-refractivity contribution < 1.29 is 14.3 Å². The van der Waals surface area contributed by atoms with Crippen LogP contribution in [-0.2, 0) is 4.79 Å². The topological polar surface area (TPSA) is 75.5 Å². The summed E-state index contributed by atoms with van der Waals surface area (Å²) in [5.74, 6) is 1.07. The van der Waals surface area contributed by atoms with Crippen LogP contribution in [0.2, 0.25) is 0 Å². The Bertz CT molecular complexity index is 1150. The predicted molar refractivity (Wildman–Crippen MR) is 121 cm³/mol. The molecule has 0 spiro atoms. The molecule has 2 aliphatic rings. The van der Waals surface area contributed by atoms with Gasteiger partial charge in [0.05, 0.1) is 23.0 Å². The van der Waals surface area contributed by atoms with E-state index in [1.807, 2.05) is 56.5 Å². The smallest absolute Gasteiger partial charge is 0.276 e. The fraction of sp³-hybridized carbons (Fsp3) is 0.286. The number of ether oxygens (including phenoxy) is 2. The molecule has 0 fully saturated rings. The lowest BCUT2D eigenvalue weighted by molar-refractivity contribution is -0.116. The maximum absolute atomic E-state index is 12.9. The Morgan fingerprint density at radius 3 is 2.70 bits per heavy atom. The quantitative estimate of drug-likeness (QED) is 0.700. The molecule has 1 N–H and O–H groups in total. The normalized spacial score (nSPS) is 17.4. The van der Waals surface area contributed by atoms with Gasteiger partial charge in [0.1, 0.15) is 5.70 Å². The van der Waals surface area contributed by atoms with Gasteiger partial charge in [0.25, 0.3) is 5.91 Å². The Morgan fingerprint density at radius 1 is 1.20 bits per heavy atom. The van der Waals surface area contributed by atoms with Gasteiger partial charge in [-0.25, -0.2) is 5.01 Å². The number of halogens is 1. The Kier molecular flexibility index (Phi) is 6.01. The number of thioether (sulfide) groups is 1. The van der Waals surface area contributed by atoms with Crippen LogP contribution in [0.3, 0.4) is 0 Å². The number of benzene rings is 2. The predicted octanol–water partition coefficient (Wildman–Crippen LogP) is 2.75. The molecule has 0 saturated heterocycles. The Hall–Kier alpha value is -2.52. The summed E-state index contributed by atoms with van der Waals surface area (Å²) in [5, 5.41) is 11.2. The average molecular weight is 489 g/mol. The zero-order valence-corrected chi connectivity index (χ0v) is 19.2. The second kappa shape index (κ2) is 8.69. The van der Waals surface area contributed by atoms with Crippen LogP contribution in [0.15, 0.2) is 51.0 Å². The fourth-order valence-electron chi connectivity index (χ4n) is 3.42. The first kappa shape index (κ1) is 20.7. The molecule has 156 valence electrons. The minimum absolute atomic E-state index is 0.197. The molecule has 0 radical (unpaired) electrons. The molecule has 4 rings (SSSR count). The van der Waals surface area contributed by atoms with Crippen LogP contribution >= 0.6 is 27.7 Å². The highest BCUT2D eigenvalue weighted by molar-refractivity contribution is 9.10. The number of para-hydroxylation sites is 1. The fourth-order valence-corrected chi connectivity index (χ4v) is 4.36. The van der Waals surface area contributed by atoms with Gasteiger partial charge in [0.15, 0.2) is 22.8 Å². The second-order valence-corrected chi connectivity index (χ2v) is 8.12. The van der Waals surface area contributed by atoms with Crippen molar-refractivity contribution in [3.05, 3.63) is 57.0 Å². The highest BCUT2D eigenvalue weighted by atomic mass is 79.9. The van der Waals surface area contributed by atoms with Gasteiger partial charge in [-0.15, -0.1) is 5.10 Å². The number of hydrogen-bond acceptors (Lipinski definition) is 7. The largest absolute Gasteiger partial charge is 0.490 e. The first-order valence-corrected chi connectivity index (χ1v) is 11.6. The number of amides is 1. The average Bonchev–Trinajstić information content (AvgIpc) is 2.75. The maximum atomic E-state index is 12.9. The highest BCUT2D eigenvalue weighted by Gasteiger charge is 2.34. The Morgan fingerprint density at radius 2 is 1.97 bits per heavy atom. The summed E-state index contributed by atoms with van der Waals surface area (Å²) >= 11 is 4.98. The molecule has 9 heteroatoms.